The number of alkyl halides is 6. The van der Waals surface area contributed by atoms with Gasteiger partial charge in [0.05, 0.1) is 37.3 Å². The Morgan fingerprint density at radius 3 is 2.02 bits per heavy atom. The first-order valence-corrected chi connectivity index (χ1v) is 14.7. The zero-order valence-electron chi connectivity index (χ0n) is 24.8. The zero-order valence-corrected chi connectivity index (χ0v) is 26.4. The number of ether oxygens (including phenoxy) is 2. The summed E-state index contributed by atoms with van der Waals surface area (Å²) in [4.78, 5) is 0. The third kappa shape index (κ3) is 5.24. The Morgan fingerprint density at radius 1 is 0.841 bits per heavy atom. The minimum Gasteiger partial charge on any atom is -1.00 e. The van der Waals surface area contributed by atoms with Gasteiger partial charge in [0.1, 0.15) is 24.4 Å². The van der Waals surface area contributed by atoms with Crippen LogP contribution in [-0.4, -0.2) is 30.2 Å². The van der Waals surface area contributed by atoms with Gasteiger partial charge in [0.25, 0.3) is 0 Å². The standard InChI is InChI=1S/C34H36F6NO2.BrH/c1-22-18-41(19-23-9-11-28(42-3)12-10-23)21-32(25-7-5-4-6-8-25,30-14-13-29(22)31(30,41)2)43-20-24-15-26(33(35,36)37)17-27(16-24)34(38,39)40;/h4-12,15-17,22,29-30H,13-14,18-21H2,1-3H3;1H/q+1;/p-1/t22-,29+,30+,31-,32+,41-;/m1./s1. The Balaban J connectivity index is 0.00000384. The minimum atomic E-state index is -4.92. The Bertz CT molecular complexity index is 1450. The number of methoxy groups -OCH3 is 1. The highest BCUT2D eigenvalue weighted by atomic mass is 79.9. The van der Waals surface area contributed by atoms with Crippen molar-refractivity contribution in [2.24, 2.45) is 17.8 Å². The molecule has 3 aliphatic rings. The summed E-state index contributed by atoms with van der Waals surface area (Å²) in [6.45, 7) is 6.52. The van der Waals surface area contributed by atoms with E-state index >= 15 is 0 Å². The normalized spacial score (nSPS) is 31.1. The maximum absolute atomic E-state index is 13.7. The number of halogens is 7. The SMILES string of the molecule is COc1ccc(C[N@@+]23C[C@@H](C)[C@@H]4CC[C@@H]([C@@]42C)[C@@](OCc2cc(C(F)(F)F)cc(C(F)(F)F)c2)(c2ccccc2)C3)cc1.[Br-]. The molecule has 3 aromatic rings. The molecule has 2 heterocycles. The topological polar surface area (TPSA) is 18.5 Å². The highest BCUT2D eigenvalue weighted by molar-refractivity contribution is 5.35. The molecular weight excluding hydrogens is 648 g/mol. The van der Waals surface area contributed by atoms with Crippen molar-refractivity contribution >= 4 is 0 Å². The van der Waals surface area contributed by atoms with Crippen molar-refractivity contribution in [3.63, 3.8) is 0 Å². The van der Waals surface area contributed by atoms with E-state index < -0.39 is 29.1 Å². The monoisotopic (exact) mass is 683 g/mol. The molecule has 6 rings (SSSR count). The second kappa shape index (κ2) is 11.4. The largest absolute Gasteiger partial charge is 1.00 e. The fourth-order valence-electron chi connectivity index (χ4n) is 9.04. The maximum Gasteiger partial charge on any atom is 0.416 e. The van der Waals surface area contributed by atoms with Crippen LogP contribution in [0.2, 0.25) is 0 Å². The molecule has 10 heteroatoms. The van der Waals surface area contributed by atoms with E-state index in [1.165, 1.54) is 0 Å². The molecule has 0 bridgehead atoms. The van der Waals surface area contributed by atoms with Crippen molar-refractivity contribution in [2.75, 3.05) is 20.2 Å². The van der Waals surface area contributed by atoms with Crippen LogP contribution in [0.1, 0.15) is 54.5 Å². The second-order valence-corrected chi connectivity index (χ2v) is 12.9. The van der Waals surface area contributed by atoms with Crippen LogP contribution < -0.4 is 21.7 Å². The first kappa shape index (κ1) is 32.8. The molecule has 238 valence electrons. The molecular formula is C34H36BrF6NO2. The number of nitrogens with zero attached hydrogens (tertiary/aromatic N) is 1. The molecule has 2 aliphatic heterocycles. The number of rotatable bonds is 7. The lowest BCUT2D eigenvalue weighted by atomic mass is 9.73. The van der Waals surface area contributed by atoms with Crippen LogP contribution in [0.25, 0.3) is 0 Å². The van der Waals surface area contributed by atoms with E-state index in [-0.39, 0.29) is 46.7 Å². The Labute approximate surface area is 264 Å². The van der Waals surface area contributed by atoms with Crippen molar-refractivity contribution in [1.29, 1.82) is 0 Å². The molecule has 2 saturated heterocycles. The van der Waals surface area contributed by atoms with Gasteiger partial charge in [-0.25, -0.2) is 0 Å². The molecule has 1 saturated carbocycles. The molecule has 1 aliphatic carbocycles. The van der Waals surface area contributed by atoms with Gasteiger partial charge < -0.3 is 30.9 Å². The Kier molecular flexibility index (Phi) is 8.47. The smallest absolute Gasteiger partial charge is 0.416 e. The van der Waals surface area contributed by atoms with Crippen molar-refractivity contribution in [3.8, 4) is 5.75 Å². The van der Waals surface area contributed by atoms with Crippen LogP contribution in [-0.2, 0) is 35.8 Å². The third-order valence-corrected chi connectivity index (χ3v) is 10.7. The second-order valence-electron chi connectivity index (χ2n) is 12.9. The predicted octanol–water partition coefficient (Wildman–Crippen LogP) is 5.61. The van der Waals surface area contributed by atoms with E-state index in [1.807, 2.05) is 42.5 Å². The van der Waals surface area contributed by atoms with E-state index in [4.69, 9.17) is 9.47 Å². The first-order valence-electron chi connectivity index (χ1n) is 14.7. The predicted molar refractivity (Wildman–Crippen MR) is 150 cm³/mol. The summed E-state index contributed by atoms with van der Waals surface area (Å²) in [5.41, 5.74) is -1.79. The number of hydrogen-bond acceptors (Lipinski definition) is 2. The summed E-state index contributed by atoms with van der Waals surface area (Å²) in [6.07, 6.45) is -7.96. The van der Waals surface area contributed by atoms with Crippen LogP contribution >= 0.6 is 0 Å². The summed E-state index contributed by atoms with van der Waals surface area (Å²) in [5.74, 6) is 1.70. The van der Waals surface area contributed by atoms with Gasteiger partial charge in [-0.3, -0.25) is 0 Å². The fraction of sp³-hybridized carbons (Fsp3) is 0.471. The van der Waals surface area contributed by atoms with Crippen molar-refractivity contribution in [2.45, 2.75) is 63.3 Å². The molecule has 3 aromatic carbocycles. The van der Waals surface area contributed by atoms with Crippen molar-refractivity contribution in [3.05, 3.63) is 101 Å². The van der Waals surface area contributed by atoms with Gasteiger partial charge >= 0.3 is 12.4 Å². The number of benzene rings is 3. The van der Waals surface area contributed by atoms with Gasteiger partial charge in [0, 0.05) is 17.4 Å². The lowest BCUT2D eigenvalue weighted by Crippen LogP contribution is -3.00. The molecule has 0 spiro atoms. The minimum absolute atomic E-state index is 0. The Hall–Kier alpha value is -2.56. The summed E-state index contributed by atoms with van der Waals surface area (Å²) in [6, 6.07) is 19.5. The molecule has 3 fully saturated rings. The number of hydrogen-bond donors (Lipinski definition) is 0. The van der Waals surface area contributed by atoms with Crippen LogP contribution in [0.4, 0.5) is 26.3 Å². The average molecular weight is 685 g/mol. The van der Waals surface area contributed by atoms with E-state index in [1.54, 1.807) is 7.11 Å². The van der Waals surface area contributed by atoms with Gasteiger partial charge in [-0.1, -0.05) is 37.3 Å². The highest BCUT2D eigenvalue weighted by Gasteiger charge is 2.78. The molecule has 0 N–H and O–H groups in total. The fourth-order valence-corrected chi connectivity index (χ4v) is 9.04. The highest BCUT2D eigenvalue weighted by Crippen LogP contribution is 2.68. The first-order chi connectivity index (χ1) is 20.2. The molecule has 0 radical (unpaired) electrons. The zero-order chi connectivity index (χ0) is 30.8. The van der Waals surface area contributed by atoms with Crippen LogP contribution in [0.15, 0.2) is 72.8 Å². The van der Waals surface area contributed by atoms with E-state index in [0.717, 1.165) is 59.4 Å². The maximum atomic E-state index is 13.7. The van der Waals surface area contributed by atoms with E-state index in [0.29, 0.717) is 18.4 Å². The lowest BCUT2D eigenvalue weighted by molar-refractivity contribution is -0.968. The summed E-state index contributed by atoms with van der Waals surface area (Å²) in [7, 11) is 1.63. The van der Waals surface area contributed by atoms with Gasteiger partial charge in [-0.2, -0.15) is 26.3 Å². The molecule has 0 unspecified atom stereocenters. The lowest BCUT2D eigenvalue weighted by Gasteiger charge is -2.43. The Morgan fingerprint density at radius 2 is 1.45 bits per heavy atom. The van der Waals surface area contributed by atoms with Crippen LogP contribution in [0.3, 0.4) is 0 Å². The average Bonchev–Trinajstić information content (AvgIpc) is 3.51. The number of quaternary nitrogens is 1. The molecule has 0 aromatic heterocycles. The van der Waals surface area contributed by atoms with Crippen LogP contribution in [0, 0.1) is 17.8 Å². The third-order valence-electron chi connectivity index (χ3n) is 10.7. The van der Waals surface area contributed by atoms with Crippen molar-refractivity contribution < 1.29 is 57.3 Å². The molecule has 44 heavy (non-hydrogen) atoms. The van der Waals surface area contributed by atoms with Crippen LogP contribution in [0.5, 0.6) is 5.75 Å². The van der Waals surface area contributed by atoms with E-state index in [9.17, 15) is 26.3 Å². The van der Waals surface area contributed by atoms with E-state index in [2.05, 4.69) is 26.0 Å². The summed E-state index contributed by atoms with van der Waals surface area (Å²) < 4.78 is 94.9. The van der Waals surface area contributed by atoms with Gasteiger partial charge in [0.15, 0.2) is 5.60 Å². The molecule has 6 atom stereocenters. The van der Waals surface area contributed by atoms with Gasteiger partial charge in [0.2, 0.25) is 0 Å². The van der Waals surface area contributed by atoms with Gasteiger partial charge in [-0.15, -0.1) is 0 Å². The summed E-state index contributed by atoms with van der Waals surface area (Å²) >= 11 is 0. The summed E-state index contributed by atoms with van der Waals surface area (Å²) in [5, 5.41) is 0. The molecule has 0 amide bonds. The molecule has 3 nitrogen and oxygen atoms in total. The quantitative estimate of drug-likeness (QED) is 0.238. The van der Waals surface area contributed by atoms with Crippen molar-refractivity contribution in [1.82, 2.24) is 0 Å². The van der Waals surface area contributed by atoms with Gasteiger partial charge in [-0.05, 0) is 73.4 Å².